The van der Waals surface area contributed by atoms with Crippen molar-refractivity contribution in [2.75, 3.05) is 39.4 Å². The van der Waals surface area contributed by atoms with E-state index in [2.05, 4.69) is 29.2 Å². The van der Waals surface area contributed by atoms with Gasteiger partial charge in [-0.25, -0.2) is 0 Å². The molecule has 1 aliphatic carbocycles. The highest BCUT2D eigenvalue weighted by atomic mass is 16.5. The van der Waals surface area contributed by atoms with Crippen LogP contribution in [0, 0.1) is 5.41 Å². The molecule has 1 amide bonds. The SMILES string of the molecule is O=CN1CC2(CCC(N3CCC(c4ccccc4C4(O)CCOCC4)CC3)C2)C1. The summed E-state index contributed by atoms with van der Waals surface area (Å²) in [6, 6.07) is 9.28. The van der Waals surface area contributed by atoms with E-state index in [4.69, 9.17) is 4.74 Å². The molecule has 4 fully saturated rings. The Balaban J connectivity index is 1.22. The van der Waals surface area contributed by atoms with Gasteiger partial charge in [-0.15, -0.1) is 0 Å². The number of carbonyl (C=O) groups excluding carboxylic acids is 1. The Morgan fingerprint density at radius 3 is 2.48 bits per heavy atom. The van der Waals surface area contributed by atoms with Crippen molar-refractivity contribution in [3.05, 3.63) is 35.4 Å². The molecule has 1 spiro atoms. The fourth-order valence-corrected chi connectivity index (χ4v) is 6.50. The molecule has 1 N–H and O–H groups in total. The molecule has 29 heavy (non-hydrogen) atoms. The van der Waals surface area contributed by atoms with Gasteiger partial charge in [0.2, 0.25) is 6.41 Å². The van der Waals surface area contributed by atoms with Gasteiger partial charge in [0.05, 0.1) is 5.60 Å². The van der Waals surface area contributed by atoms with Crippen LogP contribution < -0.4 is 0 Å². The minimum Gasteiger partial charge on any atom is -0.385 e. The van der Waals surface area contributed by atoms with Crippen molar-refractivity contribution in [1.82, 2.24) is 9.80 Å². The largest absolute Gasteiger partial charge is 0.385 e. The van der Waals surface area contributed by atoms with Crippen LogP contribution >= 0.6 is 0 Å². The minimum atomic E-state index is -0.724. The molecule has 1 aromatic rings. The van der Waals surface area contributed by atoms with Gasteiger partial charge < -0.3 is 19.6 Å². The third kappa shape index (κ3) is 3.62. The molecule has 1 atom stereocenters. The Bertz CT molecular complexity index is 731. The van der Waals surface area contributed by atoms with Crippen LogP contribution in [-0.2, 0) is 15.1 Å². The molecular formula is C24H34N2O3. The maximum absolute atomic E-state index is 11.3. The summed E-state index contributed by atoms with van der Waals surface area (Å²) in [5.41, 5.74) is 2.20. The van der Waals surface area contributed by atoms with Crippen LogP contribution in [0.4, 0.5) is 0 Å². The Labute approximate surface area is 174 Å². The monoisotopic (exact) mass is 398 g/mol. The number of rotatable bonds is 4. The second kappa shape index (κ2) is 7.68. The Morgan fingerprint density at radius 2 is 1.76 bits per heavy atom. The number of carbonyl (C=O) groups is 1. The molecule has 1 saturated carbocycles. The molecule has 0 radical (unpaired) electrons. The first kappa shape index (κ1) is 19.5. The number of hydrogen-bond acceptors (Lipinski definition) is 4. The van der Waals surface area contributed by atoms with Gasteiger partial charge in [-0.3, -0.25) is 4.79 Å². The lowest BCUT2D eigenvalue weighted by atomic mass is 9.77. The lowest BCUT2D eigenvalue weighted by molar-refractivity contribution is -0.129. The Kier molecular flexibility index (Phi) is 5.17. The second-order valence-corrected chi connectivity index (χ2v) is 9.95. The average Bonchev–Trinajstić information content (AvgIpc) is 3.19. The van der Waals surface area contributed by atoms with Crippen LogP contribution in [0.5, 0.6) is 0 Å². The van der Waals surface area contributed by atoms with Gasteiger partial charge in [0.15, 0.2) is 0 Å². The van der Waals surface area contributed by atoms with E-state index >= 15 is 0 Å². The fourth-order valence-electron chi connectivity index (χ4n) is 6.50. The van der Waals surface area contributed by atoms with Crippen molar-refractivity contribution >= 4 is 6.41 Å². The zero-order chi connectivity index (χ0) is 19.9. The molecule has 4 aliphatic rings. The molecule has 0 bridgehead atoms. The molecule has 158 valence electrons. The van der Waals surface area contributed by atoms with E-state index in [1.807, 2.05) is 4.90 Å². The van der Waals surface area contributed by atoms with Crippen molar-refractivity contribution in [2.24, 2.45) is 5.41 Å². The van der Waals surface area contributed by atoms with Gasteiger partial charge in [0.1, 0.15) is 0 Å². The normalized spacial score (nSPS) is 29.7. The number of aliphatic hydroxyl groups is 1. The summed E-state index contributed by atoms with van der Waals surface area (Å²) in [7, 11) is 0. The maximum Gasteiger partial charge on any atom is 0.209 e. The van der Waals surface area contributed by atoms with Crippen LogP contribution in [0.3, 0.4) is 0 Å². The molecular weight excluding hydrogens is 364 g/mol. The van der Waals surface area contributed by atoms with Crippen molar-refractivity contribution in [3.8, 4) is 0 Å². The van der Waals surface area contributed by atoms with Crippen LogP contribution in [0.15, 0.2) is 24.3 Å². The summed E-state index contributed by atoms with van der Waals surface area (Å²) in [5.74, 6) is 0.541. The van der Waals surface area contributed by atoms with Crippen molar-refractivity contribution in [3.63, 3.8) is 0 Å². The van der Waals surface area contributed by atoms with Crippen molar-refractivity contribution in [2.45, 2.75) is 62.5 Å². The van der Waals surface area contributed by atoms with Crippen LogP contribution in [-0.4, -0.2) is 66.8 Å². The lowest BCUT2D eigenvalue weighted by Crippen LogP contribution is -2.55. The summed E-state index contributed by atoms with van der Waals surface area (Å²) >= 11 is 0. The number of benzene rings is 1. The number of amides is 1. The molecule has 3 saturated heterocycles. The van der Waals surface area contributed by atoms with Gasteiger partial charge in [-0.2, -0.15) is 0 Å². The highest BCUT2D eigenvalue weighted by Crippen LogP contribution is 2.47. The summed E-state index contributed by atoms with van der Waals surface area (Å²) in [6.45, 7) is 5.54. The fraction of sp³-hybridized carbons (Fsp3) is 0.708. The lowest BCUT2D eigenvalue weighted by Gasteiger charge is -2.47. The van der Waals surface area contributed by atoms with Gasteiger partial charge >= 0.3 is 0 Å². The van der Waals surface area contributed by atoms with Crippen LogP contribution in [0.25, 0.3) is 0 Å². The predicted octanol–water partition coefficient (Wildman–Crippen LogP) is 2.87. The molecule has 1 unspecified atom stereocenters. The van der Waals surface area contributed by atoms with Gasteiger partial charge in [0.25, 0.3) is 0 Å². The van der Waals surface area contributed by atoms with Crippen LogP contribution in [0.2, 0.25) is 0 Å². The van der Waals surface area contributed by atoms with Gasteiger partial charge in [-0.1, -0.05) is 24.3 Å². The maximum atomic E-state index is 11.3. The Hall–Kier alpha value is -1.43. The Morgan fingerprint density at radius 1 is 1.03 bits per heavy atom. The standard InChI is InChI=1S/C24H34N2O3/c27-18-25-16-23(17-25)8-5-20(15-23)26-11-6-19(7-12-26)21-3-1-2-4-22(21)24(28)9-13-29-14-10-24/h1-4,18-20,28H,5-17H2. The first-order chi connectivity index (χ1) is 14.1. The molecule has 0 aromatic heterocycles. The summed E-state index contributed by atoms with van der Waals surface area (Å²) < 4.78 is 5.50. The predicted molar refractivity (Wildman–Crippen MR) is 112 cm³/mol. The van der Waals surface area contributed by atoms with E-state index in [0.717, 1.165) is 38.2 Å². The molecule has 5 rings (SSSR count). The molecule has 3 heterocycles. The van der Waals surface area contributed by atoms with Crippen molar-refractivity contribution in [1.29, 1.82) is 0 Å². The summed E-state index contributed by atoms with van der Waals surface area (Å²) in [6.07, 6.45) is 8.58. The number of ether oxygens (including phenoxy) is 1. The zero-order valence-electron chi connectivity index (χ0n) is 17.4. The molecule has 1 aromatic carbocycles. The average molecular weight is 399 g/mol. The number of hydrogen-bond donors (Lipinski definition) is 1. The highest BCUT2D eigenvalue weighted by molar-refractivity contribution is 5.49. The smallest absolute Gasteiger partial charge is 0.209 e. The first-order valence-corrected chi connectivity index (χ1v) is 11.4. The molecule has 5 nitrogen and oxygen atoms in total. The number of likely N-dealkylation sites (tertiary alicyclic amines) is 2. The third-order valence-corrected chi connectivity index (χ3v) is 8.17. The van der Waals surface area contributed by atoms with E-state index in [0.29, 0.717) is 43.4 Å². The van der Waals surface area contributed by atoms with Gasteiger partial charge in [-0.05, 0) is 62.2 Å². The first-order valence-electron chi connectivity index (χ1n) is 11.4. The molecule has 5 heteroatoms. The van der Waals surface area contributed by atoms with Crippen molar-refractivity contribution < 1.29 is 14.6 Å². The minimum absolute atomic E-state index is 0.418. The number of nitrogens with zero attached hydrogens (tertiary/aromatic N) is 2. The highest BCUT2D eigenvalue weighted by Gasteiger charge is 2.49. The van der Waals surface area contributed by atoms with E-state index in [-0.39, 0.29) is 0 Å². The quantitative estimate of drug-likeness (QED) is 0.793. The summed E-state index contributed by atoms with van der Waals surface area (Å²) in [5, 5.41) is 11.3. The van der Waals surface area contributed by atoms with E-state index < -0.39 is 5.60 Å². The second-order valence-electron chi connectivity index (χ2n) is 9.95. The van der Waals surface area contributed by atoms with Crippen LogP contribution in [0.1, 0.15) is 62.0 Å². The van der Waals surface area contributed by atoms with E-state index in [9.17, 15) is 9.90 Å². The topological polar surface area (TPSA) is 53.0 Å². The zero-order valence-corrected chi connectivity index (χ0v) is 17.4. The van der Waals surface area contributed by atoms with Gasteiger partial charge in [0, 0.05) is 50.6 Å². The van der Waals surface area contributed by atoms with E-state index in [1.165, 1.54) is 37.7 Å². The third-order valence-electron chi connectivity index (χ3n) is 8.17. The van der Waals surface area contributed by atoms with E-state index in [1.54, 1.807) is 0 Å². The number of piperidine rings is 1. The summed E-state index contributed by atoms with van der Waals surface area (Å²) in [4.78, 5) is 15.6. The molecule has 3 aliphatic heterocycles.